The number of hydrogen-bond donors (Lipinski definition) is 1. The Bertz CT molecular complexity index is 724. The van der Waals surface area contributed by atoms with E-state index in [0.717, 1.165) is 31.6 Å². The molecule has 0 atom stereocenters. The molecule has 126 valence electrons. The van der Waals surface area contributed by atoms with Gasteiger partial charge in [0.15, 0.2) is 0 Å². The highest BCUT2D eigenvalue weighted by molar-refractivity contribution is 5.74. The van der Waals surface area contributed by atoms with E-state index in [1.54, 1.807) is 0 Å². The summed E-state index contributed by atoms with van der Waals surface area (Å²) in [5.74, 6) is 1.07. The Hall–Kier alpha value is -2.70. The van der Waals surface area contributed by atoms with Gasteiger partial charge in [0, 0.05) is 18.8 Å². The predicted octanol–water partition coefficient (Wildman–Crippen LogP) is 3.85. The van der Waals surface area contributed by atoms with E-state index in [1.165, 1.54) is 11.9 Å². The molecule has 1 aliphatic heterocycles. The Labute approximate surface area is 140 Å². The molecule has 1 saturated heterocycles. The summed E-state index contributed by atoms with van der Waals surface area (Å²) in [7, 11) is 0. The first-order valence-corrected chi connectivity index (χ1v) is 8.17. The summed E-state index contributed by atoms with van der Waals surface area (Å²) in [6, 6.07) is 7.86. The van der Waals surface area contributed by atoms with Crippen LogP contribution in [0.15, 0.2) is 30.6 Å². The second-order valence-corrected chi connectivity index (χ2v) is 6.25. The van der Waals surface area contributed by atoms with Gasteiger partial charge in [-0.05, 0) is 36.5 Å². The molecule has 1 fully saturated rings. The smallest absolute Gasteiger partial charge is 0.351 e. The molecule has 0 unspecified atom stereocenters. The molecule has 0 radical (unpaired) electrons. The molecule has 1 aromatic heterocycles. The minimum atomic E-state index is -0.404. The van der Waals surface area contributed by atoms with Crippen LogP contribution in [0.3, 0.4) is 0 Å². The molecule has 0 bridgehead atoms. The van der Waals surface area contributed by atoms with Crippen molar-refractivity contribution in [2.45, 2.75) is 32.6 Å². The number of hydrogen-bond acceptors (Lipinski definition) is 6. The summed E-state index contributed by atoms with van der Waals surface area (Å²) < 4.78 is 0. The summed E-state index contributed by atoms with van der Waals surface area (Å²) >= 11 is 0. The van der Waals surface area contributed by atoms with Crippen LogP contribution in [-0.2, 0) is 0 Å². The molecular formula is C17H21N5O2. The molecule has 1 N–H and O–H groups in total. The van der Waals surface area contributed by atoms with Gasteiger partial charge in [0.25, 0.3) is 0 Å². The first-order valence-electron chi connectivity index (χ1n) is 8.17. The standard InChI is InChI=1S/C17H21N5O2/c1-12(2)13-5-7-14(8-6-13)20-16-15(22(23)24)17(19-11-18-16)21-9-3-4-10-21/h5-8,11-12H,3-4,9-10H2,1-2H3,(H,18,19,20). The molecule has 1 aromatic carbocycles. The number of nitrogens with one attached hydrogen (secondary N) is 1. The molecule has 7 heteroatoms. The molecule has 1 aliphatic rings. The Balaban J connectivity index is 1.92. The van der Waals surface area contributed by atoms with Crippen molar-refractivity contribution in [3.8, 4) is 0 Å². The number of aromatic nitrogens is 2. The minimum absolute atomic E-state index is 0.0627. The van der Waals surface area contributed by atoms with E-state index >= 15 is 0 Å². The first kappa shape index (κ1) is 16.2. The van der Waals surface area contributed by atoms with Gasteiger partial charge in [0.05, 0.1) is 4.92 Å². The monoisotopic (exact) mass is 327 g/mol. The lowest BCUT2D eigenvalue weighted by molar-refractivity contribution is -0.383. The lowest BCUT2D eigenvalue weighted by Crippen LogP contribution is -2.21. The van der Waals surface area contributed by atoms with Crippen molar-refractivity contribution in [2.75, 3.05) is 23.3 Å². The zero-order chi connectivity index (χ0) is 17.1. The number of nitrogens with zero attached hydrogens (tertiary/aromatic N) is 4. The number of nitro groups is 1. The zero-order valence-electron chi connectivity index (χ0n) is 13.9. The Kier molecular flexibility index (Phi) is 4.59. The van der Waals surface area contributed by atoms with Gasteiger partial charge in [0.2, 0.25) is 11.6 Å². The largest absolute Gasteiger partial charge is 0.353 e. The lowest BCUT2D eigenvalue weighted by Gasteiger charge is -2.17. The first-order chi connectivity index (χ1) is 11.6. The lowest BCUT2D eigenvalue weighted by atomic mass is 10.0. The fraction of sp³-hybridized carbons (Fsp3) is 0.412. The minimum Gasteiger partial charge on any atom is -0.351 e. The number of anilines is 3. The third-order valence-corrected chi connectivity index (χ3v) is 4.23. The van der Waals surface area contributed by atoms with E-state index in [4.69, 9.17) is 0 Å². The van der Waals surface area contributed by atoms with Crippen LogP contribution in [0.5, 0.6) is 0 Å². The number of benzene rings is 1. The average Bonchev–Trinajstić information content (AvgIpc) is 3.09. The quantitative estimate of drug-likeness (QED) is 0.663. The highest BCUT2D eigenvalue weighted by atomic mass is 16.6. The molecule has 0 spiro atoms. The Morgan fingerprint density at radius 2 is 1.83 bits per heavy atom. The maximum atomic E-state index is 11.6. The van der Waals surface area contributed by atoms with Crippen LogP contribution in [0.4, 0.5) is 23.0 Å². The van der Waals surface area contributed by atoms with Crippen molar-refractivity contribution in [1.82, 2.24) is 9.97 Å². The van der Waals surface area contributed by atoms with E-state index < -0.39 is 4.92 Å². The van der Waals surface area contributed by atoms with Crippen LogP contribution in [0, 0.1) is 10.1 Å². The SMILES string of the molecule is CC(C)c1ccc(Nc2ncnc(N3CCCC3)c2[N+](=O)[O-])cc1. The van der Waals surface area contributed by atoms with E-state index in [1.807, 2.05) is 29.2 Å². The zero-order valence-corrected chi connectivity index (χ0v) is 13.9. The predicted molar refractivity (Wildman–Crippen MR) is 93.9 cm³/mol. The van der Waals surface area contributed by atoms with Crippen LogP contribution in [0.1, 0.15) is 38.2 Å². The Morgan fingerprint density at radius 3 is 2.42 bits per heavy atom. The molecule has 2 heterocycles. The third-order valence-electron chi connectivity index (χ3n) is 4.23. The van der Waals surface area contributed by atoms with Crippen molar-refractivity contribution in [3.63, 3.8) is 0 Å². The summed E-state index contributed by atoms with van der Waals surface area (Å²) in [4.78, 5) is 21.4. The van der Waals surface area contributed by atoms with Crippen molar-refractivity contribution in [3.05, 3.63) is 46.3 Å². The van der Waals surface area contributed by atoms with Gasteiger partial charge in [-0.15, -0.1) is 0 Å². The maximum absolute atomic E-state index is 11.6. The van der Waals surface area contributed by atoms with Gasteiger partial charge in [0.1, 0.15) is 6.33 Å². The fourth-order valence-electron chi connectivity index (χ4n) is 2.88. The van der Waals surface area contributed by atoms with Gasteiger partial charge in [-0.3, -0.25) is 10.1 Å². The summed E-state index contributed by atoms with van der Waals surface area (Å²) in [6.07, 6.45) is 3.44. The van der Waals surface area contributed by atoms with Crippen molar-refractivity contribution < 1.29 is 4.92 Å². The second-order valence-electron chi connectivity index (χ2n) is 6.25. The van der Waals surface area contributed by atoms with Crippen molar-refractivity contribution in [2.24, 2.45) is 0 Å². The van der Waals surface area contributed by atoms with E-state index in [0.29, 0.717) is 11.7 Å². The van der Waals surface area contributed by atoms with Crippen LogP contribution in [0.2, 0.25) is 0 Å². The molecular weight excluding hydrogens is 306 g/mol. The highest BCUT2D eigenvalue weighted by Gasteiger charge is 2.28. The van der Waals surface area contributed by atoms with E-state index in [9.17, 15) is 10.1 Å². The molecule has 7 nitrogen and oxygen atoms in total. The van der Waals surface area contributed by atoms with Gasteiger partial charge < -0.3 is 10.2 Å². The topological polar surface area (TPSA) is 84.2 Å². The van der Waals surface area contributed by atoms with Gasteiger partial charge >= 0.3 is 5.69 Å². The number of rotatable bonds is 5. The van der Waals surface area contributed by atoms with Crippen LogP contribution in [0.25, 0.3) is 0 Å². The molecule has 0 aliphatic carbocycles. The van der Waals surface area contributed by atoms with Crippen molar-refractivity contribution >= 4 is 23.0 Å². The fourth-order valence-corrected chi connectivity index (χ4v) is 2.88. The van der Waals surface area contributed by atoms with E-state index in [2.05, 4.69) is 29.1 Å². The van der Waals surface area contributed by atoms with Gasteiger partial charge in [-0.25, -0.2) is 9.97 Å². The van der Waals surface area contributed by atoms with E-state index in [-0.39, 0.29) is 11.5 Å². The molecule has 0 amide bonds. The van der Waals surface area contributed by atoms with Crippen molar-refractivity contribution in [1.29, 1.82) is 0 Å². The van der Waals surface area contributed by atoms with Crippen LogP contribution < -0.4 is 10.2 Å². The average molecular weight is 327 g/mol. The molecule has 0 saturated carbocycles. The van der Waals surface area contributed by atoms with Crippen LogP contribution in [-0.4, -0.2) is 28.0 Å². The second kappa shape index (κ2) is 6.82. The Morgan fingerprint density at radius 1 is 1.17 bits per heavy atom. The summed E-state index contributed by atoms with van der Waals surface area (Å²) in [5.41, 5.74) is 1.93. The third kappa shape index (κ3) is 3.29. The summed E-state index contributed by atoms with van der Waals surface area (Å²) in [5, 5.41) is 14.7. The highest BCUT2D eigenvalue weighted by Crippen LogP contribution is 2.35. The maximum Gasteiger partial charge on any atom is 0.353 e. The summed E-state index contributed by atoms with van der Waals surface area (Å²) in [6.45, 7) is 5.83. The molecule has 3 rings (SSSR count). The van der Waals surface area contributed by atoms with Gasteiger partial charge in [-0.2, -0.15) is 0 Å². The molecule has 2 aromatic rings. The van der Waals surface area contributed by atoms with Crippen LogP contribution >= 0.6 is 0 Å². The van der Waals surface area contributed by atoms with Gasteiger partial charge in [-0.1, -0.05) is 26.0 Å². The normalized spacial score (nSPS) is 14.2. The molecule has 24 heavy (non-hydrogen) atoms.